The van der Waals surface area contributed by atoms with E-state index in [1.807, 2.05) is 32.0 Å². The van der Waals surface area contributed by atoms with Gasteiger partial charge in [-0.25, -0.2) is 0 Å². The summed E-state index contributed by atoms with van der Waals surface area (Å²) in [7, 11) is 0. The van der Waals surface area contributed by atoms with Crippen LogP contribution in [-0.4, -0.2) is 66.2 Å². The largest absolute Gasteiger partial charge is 0.395 e. The van der Waals surface area contributed by atoms with Gasteiger partial charge in [-0.05, 0) is 31.5 Å². The van der Waals surface area contributed by atoms with Crippen LogP contribution >= 0.6 is 11.6 Å². The zero-order valence-corrected chi connectivity index (χ0v) is 13.9. The van der Waals surface area contributed by atoms with Crippen LogP contribution in [0.15, 0.2) is 18.2 Å². The van der Waals surface area contributed by atoms with Gasteiger partial charge in [-0.15, -0.1) is 0 Å². The van der Waals surface area contributed by atoms with Gasteiger partial charge in [0.05, 0.1) is 12.6 Å². The van der Waals surface area contributed by atoms with Crippen molar-refractivity contribution < 1.29 is 9.90 Å². The molecule has 2 N–H and O–H groups in total. The molecule has 0 saturated carbocycles. The molecule has 0 aliphatic carbocycles. The summed E-state index contributed by atoms with van der Waals surface area (Å²) in [6.07, 6.45) is 0. The Morgan fingerprint density at radius 1 is 1.36 bits per heavy atom. The number of anilines is 1. The Kier molecular flexibility index (Phi) is 6.20. The highest BCUT2D eigenvalue weighted by molar-refractivity contribution is 6.31. The lowest BCUT2D eigenvalue weighted by atomic mass is 10.1. The highest BCUT2D eigenvalue weighted by atomic mass is 35.5. The van der Waals surface area contributed by atoms with E-state index in [0.29, 0.717) is 11.6 Å². The van der Waals surface area contributed by atoms with Gasteiger partial charge >= 0.3 is 0 Å². The summed E-state index contributed by atoms with van der Waals surface area (Å²) in [5.74, 6) is -0.0130. The number of amides is 1. The van der Waals surface area contributed by atoms with Gasteiger partial charge in [-0.2, -0.15) is 0 Å². The minimum absolute atomic E-state index is 0.0130. The minimum Gasteiger partial charge on any atom is -0.395 e. The van der Waals surface area contributed by atoms with Gasteiger partial charge in [0.15, 0.2) is 0 Å². The quantitative estimate of drug-likeness (QED) is 0.863. The van der Waals surface area contributed by atoms with Crippen molar-refractivity contribution in [1.82, 2.24) is 9.80 Å². The molecule has 1 aliphatic heterocycles. The van der Waals surface area contributed by atoms with Crippen LogP contribution in [0.3, 0.4) is 0 Å². The Morgan fingerprint density at radius 3 is 2.68 bits per heavy atom. The molecule has 2 rings (SSSR count). The number of carbonyl (C=O) groups excluding carboxylic acids is 1. The predicted molar refractivity (Wildman–Crippen MR) is 89.4 cm³/mol. The second-order valence-electron chi connectivity index (χ2n) is 5.68. The Morgan fingerprint density at radius 2 is 2.05 bits per heavy atom. The van der Waals surface area contributed by atoms with E-state index >= 15 is 0 Å². The lowest BCUT2D eigenvalue weighted by molar-refractivity contribution is -0.121. The van der Waals surface area contributed by atoms with E-state index in [-0.39, 0.29) is 18.6 Å². The number of halogens is 1. The Bertz CT molecular complexity index is 516. The molecule has 0 radical (unpaired) electrons. The molecule has 1 fully saturated rings. The van der Waals surface area contributed by atoms with E-state index in [9.17, 15) is 4.79 Å². The maximum absolute atomic E-state index is 12.4. The van der Waals surface area contributed by atoms with E-state index in [1.54, 1.807) is 0 Å². The van der Waals surface area contributed by atoms with Crippen molar-refractivity contribution in [3.8, 4) is 0 Å². The van der Waals surface area contributed by atoms with Crippen LogP contribution in [-0.2, 0) is 4.79 Å². The average Bonchev–Trinajstić information content (AvgIpc) is 2.52. The summed E-state index contributed by atoms with van der Waals surface area (Å²) in [6, 6.07) is 5.33. The standard InChI is InChI=1S/C16H24ClN3O2/c1-12-14(17)4-3-5-15(12)18-16(22)13(2)20-8-6-19(7-9-20)10-11-21/h3-5,13,21H,6-11H2,1-2H3,(H,18,22). The van der Waals surface area contributed by atoms with Crippen molar-refractivity contribution in [3.05, 3.63) is 28.8 Å². The monoisotopic (exact) mass is 325 g/mol. The number of β-amino-alcohol motifs (C(OH)–C–C–N with tert-alkyl or cyclic N) is 1. The maximum Gasteiger partial charge on any atom is 0.241 e. The highest BCUT2D eigenvalue weighted by Gasteiger charge is 2.25. The molecule has 1 saturated heterocycles. The third-order valence-corrected chi connectivity index (χ3v) is 4.69. The Hall–Kier alpha value is -1.14. The molecule has 5 nitrogen and oxygen atoms in total. The number of carbonyl (C=O) groups is 1. The third kappa shape index (κ3) is 4.20. The molecular formula is C16H24ClN3O2. The summed E-state index contributed by atoms with van der Waals surface area (Å²) < 4.78 is 0. The number of hydrogen-bond acceptors (Lipinski definition) is 4. The molecule has 22 heavy (non-hydrogen) atoms. The maximum atomic E-state index is 12.4. The molecule has 6 heteroatoms. The predicted octanol–water partition coefficient (Wildman–Crippen LogP) is 1.59. The second-order valence-corrected chi connectivity index (χ2v) is 6.09. The molecular weight excluding hydrogens is 302 g/mol. The van der Waals surface area contributed by atoms with Crippen molar-refractivity contribution in [3.63, 3.8) is 0 Å². The van der Waals surface area contributed by atoms with E-state index in [2.05, 4.69) is 15.1 Å². The van der Waals surface area contributed by atoms with Gasteiger partial charge in [-0.3, -0.25) is 14.6 Å². The number of aliphatic hydroxyl groups excluding tert-OH is 1. The van der Waals surface area contributed by atoms with Crippen molar-refractivity contribution >= 4 is 23.2 Å². The molecule has 1 aromatic carbocycles. The molecule has 0 spiro atoms. The van der Waals surface area contributed by atoms with Gasteiger partial charge in [0.25, 0.3) is 0 Å². The normalized spacial score (nSPS) is 18.2. The summed E-state index contributed by atoms with van der Waals surface area (Å²) >= 11 is 6.08. The van der Waals surface area contributed by atoms with Gasteiger partial charge < -0.3 is 10.4 Å². The van der Waals surface area contributed by atoms with Crippen LogP contribution in [0, 0.1) is 6.92 Å². The highest BCUT2D eigenvalue weighted by Crippen LogP contribution is 2.23. The topological polar surface area (TPSA) is 55.8 Å². The van der Waals surface area contributed by atoms with Gasteiger partial charge in [0.1, 0.15) is 0 Å². The van der Waals surface area contributed by atoms with Gasteiger partial charge in [0.2, 0.25) is 5.91 Å². The molecule has 1 aliphatic rings. The summed E-state index contributed by atoms with van der Waals surface area (Å²) in [4.78, 5) is 16.8. The lowest BCUT2D eigenvalue weighted by Gasteiger charge is -2.37. The van der Waals surface area contributed by atoms with Crippen LogP contribution in [0.5, 0.6) is 0 Å². The third-order valence-electron chi connectivity index (χ3n) is 4.28. The second kappa shape index (κ2) is 7.92. The SMILES string of the molecule is Cc1c(Cl)cccc1NC(=O)C(C)N1CCN(CCO)CC1. The van der Waals surface area contributed by atoms with Crippen LogP contribution in [0.4, 0.5) is 5.69 Å². The molecule has 0 bridgehead atoms. The van der Waals surface area contributed by atoms with Crippen molar-refractivity contribution in [2.75, 3.05) is 44.6 Å². The lowest BCUT2D eigenvalue weighted by Crippen LogP contribution is -2.53. The number of aliphatic hydroxyl groups is 1. The zero-order chi connectivity index (χ0) is 16.1. The molecule has 1 unspecified atom stereocenters. The molecule has 1 aromatic rings. The van der Waals surface area contributed by atoms with E-state index in [4.69, 9.17) is 16.7 Å². The van der Waals surface area contributed by atoms with Gasteiger partial charge in [-0.1, -0.05) is 17.7 Å². The fraction of sp³-hybridized carbons (Fsp3) is 0.562. The Balaban J connectivity index is 1.91. The number of piperazine rings is 1. The first-order valence-electron chi connectivity index (χ1n) is 7.66. The number of rotatable bonds is 5. The fourth-order valence-electron chi connectivity index (χ4n) is 2.66. The first kappa shape index (κ1) is 17.2. The van der Waals surface area contributed by atoms with Crippen LogP contribution in [0.1, 0.15) is 12.5 Å². The number of benzene rings is 1. The Labute approximate surface area is 136 Å². The molecule has 1 heterocycles. The zero-order valence-electron chi connectivity index (χ0n) is 13.2. The van der Waals surface area contributed by atoms with Crippen LogP contribution < -0.4 is 5.32 Å². The van der Waals surface area contributed by atoms with Crippen molar-refractivity contribution in [2.45, 2.75) is 19.9 Å². The summed E-state index contributed by atoms with van der Waals surface area (Å²) in [6.45, 7) is 8.16. The fourth-order valence-corrected chi connectivity index (χ4v) is 2.84. The molecule has 1 amide bonds. The van der Waals surface area contributed by atoms with Crippen molar-refractivity contribution in [1.29, 1.82) is 0 Å². The van der Waals surface area contributed by atoms with Crippen LogP contribution in [0.25, 0.3) is 0 Å². The summed E-state index contributed by atoms with van der Waals surface area (Å²) in [5.41, 5.74) is 1.65. The first-order valence-corrected chi connectivity index (χ1v) is 8.04. The molecule has 1 atom stereocenters. The van der Waals surface area contributed by atoms with E-state index in [0.717, 1.165) is 37.4 Å². The number of nitrogens with one attached hydrogen (secondary N) is 1. The van der Waals surface area contributed by atoms with E-state index < -0.39 is 0 Å². The summed E-state index contributed by atoms with van der Waals surface area (Å²) in [5, 5.41) is 12.6. The van der Waals surface area contributed by atoms with Crippen molar-refractivity contribution in [2.24, 2.45) is 0 Å². The van der Waals surface area contributed by atoms with E-state index in [1.165, 1.54) is 0 Å². The van der Waals surface area contributed by atoms with Crippen LogP contribution in [0.2, 0.25) is 5.02 Å². The first-order chi connectivity index (χ1) is 10.5. The smallest absolute Gasteiger partial charge is 0.241 e. The number of nitrogens with zero attached hydrogens (tertiary/aromatic N) is 2. The van der Waals surface area contributed by atoms with Gasteiger partial charge in [0, 0.05) is 43.4 Å². The average molecular weight is 326 g/mol. The molecule has 0 aromatic heterocycles. The number of hydrogen-bond donors (Lipinski definition) is 2. The minimum atomic E-state index is -0.186. The molecule has 122 valence electrons.